The van der Waals surface area contributed by atoms with Crippen LogP contribution in [0.2, 0.25) is 0 Å². The Morgan fingerprint density at radius 2 is 1.91 bits per heavy atom. The molecular formula is C25H33N3O4. The Morgan fingerprint density at radius 1 is 1.16 bits per heavy atom. The first-order valence-corrected chi connectivity index (χ1v) is 11.3. The highest BCUT2D eigenvalue weighted by Crippen LogP contribution is 2.42. The number of rotatable bonds is 10. The normalized spacial score (nSPS) is 17.5. The van der Waals surface area contributed by atoms with E-state index in [-0.39, 0.29) is 12.1 Å². The van der Waals surface area contributed by atoms with Gasteiger partial charge in [0, 0.05) is 42.4 Å². The molecule has 4 rings (SSSR count). The maximum absolute atomic E-state index is 6.40. The molecule has 7 heteroatoms. The predicted molar refractivity (Wildman–Crippen MR) is 125 cm³/mol. The topological polar surface area (TPSA) is 73.9 Å². The number of nitrogens with zero attached hydrogens (tertiary/aromatic N) is 1. The molecule has 2 N–H and O–H groups in total. The number of hydrogen-bond donors (Lipinski definition) is 2. The largest absolute Gasteiger partial charge is 0.490 e. The van der Waals surface area contributed by atoms with Crippen LogP contribution in [0.3, 0.4) is 0 Å². The van der Waals surface area contributed by atoms with Crippen molar-refractivity contribution >= 4 is 5.82 Å². The van der Waals surface area contributed by atoms with Crippen molar-refractivity contribution in [2.24, 2.45) is 5.92 Å². The third-order valence-electron chi connectivity index (χ3n) is 5.98. The standard InChI is InChI=1S/C25H33N3O4/c1-16(18-8-9-18)28-24-14-23(20(15-27-24)17(2)26-3)32-22-7-5-6-21(25(22)29-4)31-19-10-12-30-13-11-19/h5-7,14-15,17-19,26H,1,8-13H2,2-4H3,(H,27,28). The molecule has 1 aromatic heterocycles. The molecule has 1 aliphatic carbocycles. The second kappa shape index (κ2) is 10.2. The van der Waals surface area contributed by atoms with Crippen LogP contribution in [0, 0.1) is 5.92 Å². The number of ether oxygens (including phenoxy) is 4. The summed E-state index contributed by atoms with van der Waals surface area (Å²) in [6, 6.07) is 7.70. The summed E-state index contributed by atoms with van der Waals surface area (Å²) in [5.41, 5.74) is 1.95. The van der Waals surface area contributed by atoms with E-state index in [9.17, 15) is 0 Å². The van der Waals surface area contributed by atoms with E-state index in [4.69, 9.17) is 18.9 Å². The summed E-state index contributed by atoms with van der Waals surface area (Å²) in [6.07, 6.45) is 6.04. The Morgan fingerprint density at radius 3 is 2.59 bits per heavy atom. The molecule has 0 amide bonds. The Kier molecular flexibility index (Phi) is 7.17. The van der Waals surface area contributed by atoms with Gasteiger partial charge in [0.05, 0.1) is 20.3 Å². The fraction of sp³-hybridized carbons (Fsp3) is 0.480. The molecule has 1 aromatic carbocycles. The minimum absolute atomic E-state index is 0.0610. The van der Waals surface area contributed by atoms with Crippen molar-refractivity contribution in [2.75, 3.05) is 32.7 Å². The van der Waals surface area contributed by atoms with Crippen LogP contribution in [0.1, 0.15) is 44.2 Å². The first-order chi connectivity index (χ1) is 15.6. The van der Waals surface area contributed by atoms with Crippen LogP contribution < -0.4 is 24.8 Å². The van der Waals surface area contributed by atoms with Gasteiger partial charge in [0.1, 0.15) is 17.7 Å². The van der Waals surface area contributed by atoms with Crippen molar-refractivity contribution in [1.82, 2.24) is 10.3 Å². The van der Waals surface area contributed by atoms with Gasteiger partial charge in [-0.2, -0.15) is 0 Å². The molecule has 1 aliphatic heterocycles. The van der Waals surface area contributed by atoms with Crippen molar-refractivity contribution in [3.8, 4) is 23.0 Å². The highest BCUT2D eigenvalue weighted by Gasteiger charge is 2.25. The van der Waals surface area contributed by atoms with E-state index in [1.165, 1.54) is 12.8 Å². The molecule has 32 heavy (non-hydrogen) atoms. The summed E-state index contributed by atoms with van der Waals surface area (Å²) < 4.78 is 23.8. The molecule has 2 fully saturated rings. The van der Waals surface area contributed by atoms with Crippen LogP contribution in [0.4, 0.5) is 5.82 Å². The average Bonchev–Trinajstić information content (AvgIpc) is 3.65. The van der Waals surface area contributed by atoms with Crippen molar-refractivity contribution in [3.05, 3.63) is 48.3 Å². The number of hydrogen-bond acceptors (Lipinski definition) is 7. The van der Waals surface area contributed by atoms with Gasteiger partial charge < -0.3 is 29.6 Å². The second-order valence-corrected chi connectivity index (χ2v) is 8.36. The number of methoxy groups -OCH3 is 1. The van der Waals surface area contributed by atoms with Gasteiger partial charge in [0.25, 0.3) is 0 Å². The number of allylic oxidation sites excluding steroid dienone is 1. The molecular weight excluding hydrogens is 406 g/mol. The summed E-state index contributed by atoms with van der Waals surface area (Å²) >= 11 is 0. The number of benzene rings is 1. The molecule has 0 bridgehead atoms. The van der Waals surface area contributed by atoms with Crippen LogP contribution >= 0.6 is 0 Å². The van der Waals surface area contributed by atoms with E-state index < -0.39 is 0 Å². The van der Waals surface area contributed by atoms with Crippen molar-refractivity contribution < 1.29 is 18.9 Å². The Bertz CT molecular complexity index is 939. The van der Waals surface area contributed by atoms with Crippen molar-refractivity contribution in [3.63, 3.8) is 0 Å². The lowest BCUT2D eigenvalue weighted by atomic mass is 10.1. The lowest BCUT2D eigenvalue weighted by Gasteiger charge is -2.25. The van der Waals surface area contributed by atoms with Gasteiger partial charge in [-0.05, 0) is 44.9 Å². The molecule has 1 saturated heterocycles. The van der Waals surface area contributed by atoms with E-state index in [2.05, 4.69) is 29.1 Å². The van der Waals surface area contributed by atoms with Gasteiger partial charge in [0.2, 0.25) is 5.75 Å². The van der Waals surface area contributed by atoms with Gasteiger partial charge in [-0.3, -0.25) is 0 Å². The highest BCUT2D eigenvalue weighted by atomic mass is 16.5. The van der Waals surface area contributed by atoms with Gasteiger partial charge in [-0.15, -0.1) is 0 Å². The first-order valence-electron chi connectivity index (χ1n) is 11.3. The quantitative estimate of drug-likeness (QED) is 0.536. The fourth-order valence-electron chi connectivity index (χ4n) is 3.75. The van der Waals surface area contributed by atoms with Crippen LogP contribution in [0.25, 0.3) is 0 Å². The minimum Gasteiger partial charge on any atom is -0.490 e. The summed E-state index contributed by atoms with van der Waals surface area (Å²) in [6.45, 7) is 7.65. The zero-order chi connectivity index (χ0) is 22.5. The molecule has 2 aliphatic rings. The molecule has 2 aromatic rings. The number of para-hydroxylation sites is 1. The lowest BCUT2D eigenvalue weighted by molar-refractivity contribution is 0.0244. The maximum Gasteiger partial charge on any atom is 0.203 e. The predicted octanol–water partition coefficient (Wildman–Crippen LogP) is 5.06. The van der Waals surface area contributed by atoms with Crippen LogP contribution in [0.5, 0.6) is 23.0 Å². The van der Waals surface area contributed by atoms with E-state index in [1.807, 2.05) is 37.5 Å². The molecule has 1 atom stereocenters. The third-order valence-corrected chi connectivity index (χ3v) is 5.98. The lowest BCUT2D eigenvalue weighted by Crippen LogP contribution is -2.26. The smallest absolute Gasteiger partial charge is 0.203 e. The van der Waals surface area contributed by atoms with Crippen molar-refractivity contribution in [2.45, 2.75) is 44.8 Å². The van der Waals surface area contributed by atoms with Crippen LogP contribution in [0.15, 0.2) is 42.7 Å². The summed E-state index contributed by atoms with van der Waals surface area (Å²) in [5, 5.41) is 6.60. The molecule has 2 heterocycles. The summed E-state index contributed by atoms with van der Waals surface area (Å²) in [5.74, 6) is 3.81. The highest BCUT2D eigenvalue weighted by molar-refractivity contribution is 5.56. The minimum atomic E-state index is 0.0610. The molecule has 0 spiro atoms. The zero-order valence-electron chi connectivity index (χ0n) is 19.1. The Balaban J connectivity index is 1.60. The SMILES string of the molecule is C=C(Nc1cc(Oc2cccc(OC3CCOCC3)c2OC)c(C(C)NC)cn1)C1CC1. The van der Waals surface area contributed by atoms with Gasteiger partial charge >= 0.3 is 0 Å². The van der Waals surface area contributed by atoms with Crippen molar-refractivity contribution in [1.29, 1.82) is 0 Å². The zero-order valence-corrected chi connectivity index (χ0v) is 19.1. The third kappa shape index (κ3) is 5.34. The van der Waals surface area contributed by atoms with Gasteiger partial charge in [-0.25, -0.2) is 4.98 Å². The number of pyridine rings is 1. The van der Waals surface area contributed by atoms with Crippen LogP contribution in [-0.4, -0.2) is 38.5 Å². The average molecular weight is 440 g/mol. The molecule has 1 saturated carbocycles. The second-order valence-electron chi connectivity index (χ2n) is 8.36. The van der Waals surface area contributed by atoms with E-state index in [0.29, 0.717) is 42.1 Å². The van der Waals surface area contributed by atoms with E-state index >= 15 is 0 Å². The molecule has 7 nitrogen and oxygen atoms in total. The maximum atomic E-state index is 6.40. The molecule has 0 radical (unpaired) electrons. The van der Waals surface area contributed by atoms with E-state index in [1.54, 1.807) is 7.11 Å². The first kappa shape index (κ1) is 22.4. The van der Waals surface area contributed by atoms with Gasteiger partial charge in [-0.1, -0.05) is 12.6 Å². The Hall–Kier alpha value is -2.77. The number of nitrogens with one attached hydrogen (secondary N) is 2. The Labute approximate surface area is 190 Å². The molecule has 1 unspecified atom stereocenters. The molecule has 172 valence electrons. The fourth-order valence-corrected chi connectivity index (χ4v) is 3.75. The number of aromatic nitrogens is 1. The summed E-state index contributed by atoms with van der Waals surface area (Å²) in [4.78, 5) is 4.58. The summed E-state index contributed by atoms with van der Waals surface area (Å²) in [7, 11) is 3.55. The van der Waals surface area contributed by atoms with E-state index in [0.717, 1.165) is 29.9 Å². The van der Waals surface area contributed by atoms with Crippen LogP contribution in [-0.2, 0) is 4.74 Å². The monoisotopic (exact) mass is 439 g/mol. The number of anilines is 1. The van der Waals surface area contributed by atoms with Gasteiger partial charge in [0.15, 0.2) is 11.5 Å².